The molecule has 0 atom stereocenters. The van der Waals surface area contributed by atoms with Gasteiger partial charge in [0.25, 0.3) is 5.91 Å². The zero-order chi connectivity index (χ0) is 19.2. The molecule has 0 spiro atoms. The van der Waals surface area contributed by atoms with Gasteiger partial charge in [-0.1, -0.05) is 23.7 Å². The molecule has 0 aliphatic heterocycles. The molecule has 3 aromatic rings. The highest BCUT2D eigenvalue weighted by Gasteiger charge is 2.10. The lowest BCUT2D eigenvalue weighted by Gasteiger charge is -2.12. The number of carbonyl (C=O) groups is 1. The first-order valence-electron chi connectivity index (χ1n) is 8.04. The molecule has 0 fully saturated rings. The summed E-state index contributed by atoms with van der Waals surface area (Å²) in [6.45, 7) is 0. The Morgan fingerprint density at radius 3 is 1.81 bits per heavy atom. The fourth-order valence-electron chi connectivity index (χ4n) is 2.33. The number of para-hydroxylation sites is 1. The van der Waals surface area contributed by atoms with Crippen LogP contribution in [0.15, 0.2) is 72.8 Å². The fraction of sp³-hybridized carbons (Fsp3) is 0. The van der Waals surface area contributed by atoms with Gasteiger partial charge in [0.1, 0.15) is 5.75 Å². The Morgan fingerprint density at radius 1 is 0.778 bits per heavy atom. The Bertz CT molecular complexity index is 960. The normalized spacial score (nSPS) is 10.1. The molecule has 0 radical (unpaired) electrons. The summed E-state index contributed by atoms with van der Waals surface area (Å²) in [5, 5.41) is 19.7. The van der Waals surface area contributed by atoms with Crippen molar-refractivity contribution in [3.05, 3.63) is 83.4 Å². The summed E-state index contributed by atoms with van der Waals surface area (Å²) in [7, 11) is 0. The van der Waals surface area contributed by atoms with Gasteiger partial charge in [-0.05, 0) is 72.9 Å². The highest BCUT2D eigenvalue weighted by atomic mass is 35.5. The van der Waals surface area contributed by atoms with Gasteiger partial charge in [-0.15, -0.1) is 0 Å². The first-order chi connectivity index (χ1) is 13.0. The van der Waals surface area contributed by atoms with Crippen molar-refractivity contribution in [1.29, 1.82) is 0 Å². The molecule has 0 unspecified atom stereocenters. The molecule has 0 bridgehead atoms. The number of hydrogen-bond acceptors (Lipinski definition) is 3. The lowest BCUT2D eigenvalue weighted by Crippen LogP contribution is -2.19. The molecule has 0 saturated heterocycles. The van der Waals surface area contributed by atoms with E-state index in [2.05, 4.69) is 16.0 Å². The smallest absolute Gasteiger partial charge is 0.259 e. The van der Waals surface area contributed by atoms with Crippen molar-refractivity contribution in [1.82, 2.24) is 0 Å². The number of halogens is 1. The Hall–Kier alpha value is -3.09. The average molecular weight is 398 g/mol. The van der Waals surface area contributed by atoms with E-state index >= 15 is 0 Å². The number of carbonyl (C=O) groups excluding carboxylic acids is 1. The molecule has 0 saturated carbocycles. The van der Waals surface area contributed by atoms with Gasteiger partial charge in [0.05, 0.1) is 5.56 Å². The first-order valence-corrected chi connectivity index (χ1v) is 8.83. The Morgan fingerprint density at radius 2 is 1.26 bits per heavy atom. The Labute approximate surface area is 167 Å². The Kier molecular flexibility index (Phi) is 5.90. The van der Waals surface area contributed by atoms with Crippen molar-refractivity contribution in [3.63, 3.8) is 0 Å². The summed E-state index contributed by atoms with van der Waals surface area (Å²) in [5.74, 6) is -0.444. The summed E-state index contributed by atoms with van der Waals surface area (Å²) in [6, 6.07) is 20.6. The van der Waals surface area contributed by atoms with E-state index in [1.54, 1.807) is 54.6 Å². The summed E-state index contributed by atoms with van der Waals surface area (Å²) >= 11 is 11.1. The van der Waals surface area contributed by atoms with Crippen LogP contribution in [0.1, 0.15) is 10.4 Å². The number of benzene rings is 3. The van der Waals surface area contributed by atoms with E-state index in [-0.39, 0.29) is 17.2 Å². The van der Waals surface area contributed by atoms with E-state index in [4.69, 9.17) is 23.8 Å². The maximum Gasteiger partial charge on any atom is 0.259 e. The molecule has 3 aromatic carbocycles. The summed E-state index contributed by atoms with van der Waals surface area (Å²) in [6.07, 6.45) is 0. The van der Waals surface area contributed by atoms with Gasteiger partial charge in [-0.2, -0.15) is 0 Å². The molecule has 5 nitrogen and oxygen atoms in total. The largest absolute Gasteiger partial charge is 0.507 e. The fourth-order valence-corrected chi connectivity index (χ4v) is 2.69. The number of hydrogen-bond donors (Lipinski definition) is 4. The van der Waals surface area contributed by atoms with Crippen LogP contribution in [0.5, 0.6) is 5.75 Å². The third kappa shape index (κ3) is 5.20. The van der Waals surface area contributed by atoms with Crippen molar-refractivity contribution in [2.45, 2.75) is 0 Å². The minimum Gasteiger partial charge on any atom is -0.507 e. The van der Waals surface area contributed by atoms with Crippen LogP contribution in [0.25, 0.3) is 0 Å². The van der Waals surface area contributed by atoms with Crippen molar-refractivity contribution in [2.75, 3.05) is 16.0 Å². The topological polar surface area (TPSA) is 73.4 Å². The monoisotopic (exact) mass is 397 g/mol. The van der Waals surface area contributed by atoms with E-state index in [0.717, 1.165) is 11.4 Å². The molecule has 4 N–H and O–H groups in total. The van der Waals surface area contributed by atoms with E-state index in [1.165, 1.54) is 6.07 Å². The minimum atomic E-state index is -0.381. The second kappa shape index (κ2) is 8.53. The van der Waals surface area contributed by atoms with Crippen LogP contribution >= 0.6 is 23.8 Å². The molecule has 0 aliphatic carbocycles. The second-order valence-electron chi connectivity index (χ2n) is 5.63. The van der Waals surface area contributed by atoms with Crippen molar-refractivity contribution < 1.29 is 9.90 Å². The SMILES string of the molecule is O=C(Nc1ccc(NC(=S)Nc2ccc(Cl)cc2)cc1)c1ccccc1O. The summed E-state index contributed by atoms with van der Waals surface area (Å²) < 4.78 is 0. The number of thiocarbonyl (C=S) groups is 1. The van der Waals surface area contributed by atoms with Gasteiger partial charge in [0.2, 0.25) is 0 Å². The van der Waals surface area contributed by atoms with Crippen LogP contribution in [0, 0.1) is 0 Å². The number of aromatic hydroxyl groups is 1. The lowest BCUT2D eigenvalue weighted by molar-refractivity contribution is 0.102. The number of nitrogens with one attached hydrogen (secondary N) is 3. The maximum absolute atomic E-state index is 12.2. The molecule has 0 aromatic heterocycles. The number of anilines is 3. The zero-order valence-corrected chi connectivity index (χ0v) is 15.6. The van der Waals surface area contributed by atoms with Crippen LogP contribution in [0.3, 0.4) is 0 Å². The molecule has 136 valence electrons. The van der Waals surface area contributed by atoms with Crippen LogP contribution in [0.2, 0.25) is 5.02 Å². The van der Waals surface area contributed by atoms with E-state index in [0.29, 0.717) is 15.8 Å². The third-order valence-corrected chi connectivity index (χ3v) is 4.11. The van der Waals surface area contributed by atoms with Crippen LogP contribution in [0.4, 0.5) is 17.1 Å². The number of amides is 1. The summed E-state index contributed by atoms with van der Waals surface area (Å²) in [4.78, 5) is 12.2. The van der Waals surface area contributed by atoms with Gasteiger partial charge in [0, 0.05) is 22.1 Å². The van der Waals surface area contributed by atoms with Crippen molar-refractivity contribution in [2.24, 2.45) is 0 Å². The zero-order valence-electron chi connectivity index (χ0n) is 14.1. The van der Waals surface area contributed by atoms with Gasteiger partial charge in [-0.25, -0.2) is 0 Å². The number of rotatable bonds is 4. The average Bonchev–Trinajstić information content (AvgIpc) is 2.65. The first kappa shape index (κ1) is 18.7. The molecule has 0 aliphatic rings. The van der Waals surface area contributed by atoms with Gasteiger partial charge in [0.15, 0.2) is 5.11 Å². The molecule has 27 heavy (non-hydrogen) atoms. The predicted octanol–water partition coefficient (Wildman–Crippen LogP) is 5.11. The van der Waals surface area contributed by atoms with Crippen LogP contribution < -0.4 is 16.0 Å². The highest BCUT2D eigenvalue weighted by molar-refractivity contribution is 7.80. The standard InChI is InChI=1S/C20H16ClN3O2S/c21-13-5-7-15(8-6-13)23-20(27)24-16-11-9-14(10-12-16)22-19(26)17-3-1-2-4-18(17)25/h1-12,25H,(H,22,26)(H2,23,24,27). The van der Waals surface area contributed by atoms with E-state index in [9.17, 15) is 9.90 Å². The van der Waals surface area contributed by atoms with Crippen molar-refractivity contribution >= 4 is 51.9 Å². The molecule has 0 heterocycles. The molecule has 7 heteroatoms. The van der Waals surface area contributed by atoms with Gasteiger partial charge >= 0.3 is 0 Å². The van der Waals surface area contributed by atoms with Crippen LogP contribution in [-0.4, -0.2) is 16.1 Å². The number of phenols is 1. The lowest BCUT2D eigenvalue weighted by atomic mass is 10.2. The quantitative estimate of drug-likeness (QED) is 0.460. The van der Waals surface area contributed by atoms with E-state index in [1.807, 2.05) is 12.1 Å². The predicted molar refractivity (Wildman–Crippen MR) is 114 cm³/mol. The maximum atomic E-state index is 12.2. The number of phenolic OH excluding ortho intramolecular Hbond substituents is 1. The van der Waals surface area contributed by atoms with Crippen LogP contribution in [-0.2, 0) is 0 Å². The summed E-state index contributed by atoms with van der Waals surface area (Å²) in [5.41, 5.74) is 2.41. The van der Waals surface area contributed by atoms with Crippen molar-refractivity contribution in [3.8, 4) is 5.75 Å². The molecular formula is C20H16ClN3O2S. The van der Waals surface area contributed by atoms with Gasteiger partial charge in [-0.3, -0.25) is 4.79 Å². The molecule has 3 rings (SSSR count). The van der Waals surface area contributed by atoms with E-state index < -0.39 is 0 Å². The minimum absolute atomic E-state index is 0.0630. The molecule has 1 amide bonds. The highest BCUT2D eigenvalue weighted by Crippen LogP contribution is 2.19. The van der Waals surface area contributed by atoms with Gasteiger partial charge < -0.3 is 21.1 Å². The Balaban J connectivity index is 1.58. The second-order valence-corrected chi connectivity index (χ2v) is 6.48. The molecular weight excluding hydrogens is 382 g/mol. The third-order valence-electron chi connectivity index (χ3n) is 3.65.